The Bertz CT molecular complexity index is 1120. The summed E-state index contributed by atoms with van der Waals surface area (Å²) >= 11 is 0. The summed E-state index contributed by atoms with van der Waals surface area (Å²) in [5.41, 5.74) is 6.30. The summed E-state index contributed by atoms with van der Waals surface area (Å²) in [4.78, 5) is 44.7. The quantitative estimate of drug-likeness (QED) is 0.605. The van der Waals surface area contributed by atoms with E-state index < -0.39 is 47.9 Å². The van der Waals surface area contributed by atoms with Gasteiger partial charge in [0.2, 0.25) is 5.91 Å². The van der Waals surface area contributed by atoms with Crippen LogP contribution in [0, 0.1) is 11.8 Å². The van der Waals surface area contributed by atoms with Crippen LogP contribution in [0.4, 0.5) is 29.6 Å². The van der Waals surface area contributed by atoms with E-state index in [-0.39, 0.29) is 18.1 Å². The Hall–Kier alpha value is -3.64. The third-order valence-corrected chi connectivity index (χ3v) is 6.09. The van der Waals surface area contributed by atoms with Gasteiger partial charge in [-0.25, -0.2) is 9.78 Å². The number of likely N-dealkylation sites (tertiary alicyclic amines) is 1. The minimum atomic E-state index is -4.66. The molecule has 2 aliphatic rings. The molecular weight excluding hydrogens is 455 g/mol. The van der Waals surface area contributed by atoms with E-state index in [0.717, 1.165) is 0 Å². The Morgan fingerprint density at radius 2 is 2.03 bits per heavy atom. The van der Waals surface area contributed by atoms with Crippen LogP contribution >= 0.6 is 0 Å². The molecule has 1 saturated carbocycles. The largest absolute Gasteiger partial charge is 0.408 e. The zero-order valence-electron chi connectivity index (χ0n) is 18.5. The van der Waals surface area contributed by atoms with Crippen LogP contribution in [0.1, 0.15) is 18.4 Å². The van der Waals surface area contributed by atoms with Crippen LogP contribution in [-0.2, 0) is 23.1 Å². The molecule has 4 rings (SSSR count). The van der Waals surface area contributed by atoms with Crippen molar-refractivity contribution in [3.63, 3.8) is 0 Å². The molecular formula is C21H24F3N7O3. The number of aromatic nitrogens is 3. The molecule has 3 heterocycles. The van der Waals surface area contributed by atoms with Gasteiger partial charge in [-0.05, 0) is 42.9 Å². The molecule has 2 fully saturated rings. The molecule has 3 N–H and O–H groups in total. The second kappa shape index (κ2) is 8.61. The summed E-state index contributed by atoms with van der Waals surface area (Å²) in [7, 11) is 3.08. The first-order valence-electron chi connectivity index (χ1n) is 10.6. The van der Waals surface area contributed by atoms with E-state index in [0.29, 0.717) is 23.3 Å². The average molecular weight is 479 g/mol. The van der Waals surface area contributed by atoms with Crippen molar-refractivity contribution >= 4 is 29.5 Å². The third kappa shape index (κ3) is 4.54. The van der Waals surface area contributed by atoms with Crippen LogP contribution in [0.25, 0.3) is 0 Å². The second-order valence-corrected chi connectivity index (χ2v) is 8.60. The molecule has 4 amide bonds. The lowest BCUT2D eigenvalue weighted by molar-refractivity contribution is -0.163. The van der Waals surface area contributed by atoms with Crippen molar-refractivity contribution in [2.75, 3.05) is 17.7 Å². The summed E-state index contributed by atoms with van der Waals surface area (Å²) in [5.74, 6) is -2.60. The highest BCUT2D eigenvalue weighted by Crippen LogP contribution is 2.41. The van der Waals surface area contributed by atoms with E-state index in [1.165, 1.54) is 28.9 Å². The van der Waals surface area contributed by atoms with Crippen LogP contribution in [0.5, 0.6) is 0 Å². The van der Waals surface area contributed by atoms with Gasteiger partial charge in [0.05, 0.1) is 5.92 Å². The fourth-order valence-corrected chi connectivity index (χ4v) is 4.12. The predicted octanol–water partition coefficient (Wildman–Crippen LogP) is 1.48. The lowest BCUT2D eigenvalue weighted by Gasteiger charge is -2.45. The number of anilines is 2. The summed E-state index contributed by atoms with van der Waals surface area (Å²) < 4.78 is 41.8. The molecule has 2 aromatic rings. The van der Waals surface area contributed by atoms with Gasteiger partial charge in [-0.15, -0.1) is 0 Å². The molecule has 1 unspecified atom stereocenters. The van der Waals surface area contributed by atoms with Crippen molar-refractivity contribution in [3.8, 4) is 0 Å². The molecule has 3 atom stereocenters. The van der Waals surface area contributed by atoms with E-state index >= 15 is 0 Å². The number of β-lactam (4-membered cyclic amide) rings is 1. The number of nitrogen functional groups attached to an aromatic ring is 1. The number of rotatable bonds is 6. The summed E-state index contributed by atoms with van der Waals surface area (Å²) in [6.45, 7) is 0. The summed E-state index contributed by atoms with van der Waals surface area (Å²) in [6.07, 6.45) is -0.893. The fraction of sp³-hybridized carbons (Fsp3) is 0.476. The molecule has 0 aromatic carbocycles. The Morgan fingerprint density at radius 1 is 1.32 bits per heavy atom. The molecule has 0 bridgehead atoms. The first kappa shape index (κ1) is 23.5. The number of pyridine rings is 1. The smallest absolute Gasteiger partial charge is 0.384 e. The first-order valence-corrected chi connectivity index (χ1v) is 10.6. The number of halogens is 3. The predicted molar refractivity (Wildman–Crippen MR) is 114 cm³/mol. The number of nitrogens with two attached hydrogens (primary N) is 1. The van der Waals surface area contributed by atoms with Crippen molar-refractivity contribution in [3.05, 3.63) is 36.2 Å². The highest BCUT2D eigenvalue weighted by molar-refractivity contribution is 6.12. The number of aryl methyl sites for hydroxylation is 1. The number of likely N-dealkylation sites (N-methyl/N-ethyl adjacent to an activating group) is 1. The molecule has 0 spiro atoms. The van der Waals surface area contributed by atoms with Gasteiger partial charge in [-0.3, -0.25) is 24.1 Å². The molecule has 13 heteroatoms. The van der Waals surface area contributed by atoms with Gasteiger partial charge in [0.25, 0.3) is 5.91 Å². The van der Waals surface area contributed by atoms with Crippen molar-refractivity contribution in [2.45, 2.75) is 37.5 Å². The van der Waals surface area contributed by atoms with E-state index in [9.17, 15) is 27.6 Å². The zero-order valence-corrected chi connectivity index (χ0v) is 18.5. The van der Waals surface area contributed by atoms with Crippen LogP contribution in [0.3, 0.4) is 0 Å². The average Bonchev–Trinajstić information content (AvgIpc) is 3.51. The molecule has 0 radical (unpaired) electrons. The maximum atomic E-state index is 13.4. The molecule has 1 aliphatic carbocycles. The maximum absolute atomic E-state index is 13.4. The van der Waals surface area contributed by atoms with E-state index in [1.807, 2.05) is 5.32 Å². The van der Waals surface area contributed by atoms with E-state index in [1.54, 1.807) is 25.4 Å². The standard InChI is InChI=1S/C21H24F3N7O3/c1-29-8-6-15(28-29)30(2)19(33)16-13(9-11-5-7-26-14(25)10-11)18(32)31(16)20(34)27-17(12-3-4-12)21(22,23)24/h5-8,10,12-13,16-17H,3-4,9H2,1-2H3,(H2,25,26)(H,27,34)/t13-,16+,17?/m1/s1. The molecule has 182 valence electrons. The number of hydrogen-bond donors (Lipinski definition) is 2. The van der Waals surface area contributed by atoms with Crippen LogP contribution in [0.2, 0.25) is 0 Å². The number of imide groups is 1. The molecule has 34 heavy (non-hydrogen) atoms. The Kier molecular flexibility index (Phi) is 5.96. The highest BCUT2D eigenvalue weighted by Gasteiger charge is 2.57. The minimum absolute atomic E-state index is 0.0626. The van der Waals surface area contributed by atoms with Gasteiger partial charge in [0.1, 0.15) is 17.9 Å². The van der Waals surface area contributed by atoms with Crippen molar-refractivity contribution in [1.82, 2.24) is 25.0 Å². The third-order valence-electron chi connectivity index (χ3n) is 6.09. The number of alkyl halides is 3. The number of urea groups is 1. The lowest BCUT2D eigenvalue weighted by atomic mass is 9.81. The van der Waals surface area contributed by atoms with Gasteiger partial charge in [0.15, 0.2) is 5.82 Å². The number of carbonyl (C=O) groups excluding carboxylic acids is 3. The molecule has 10 nitrogen and oxygen atoms in total. The first-order chi connectivity index (χ1) is 16.0. The number of nitrogens with zero attached hydrogens (tertiary/aromatic N) is 5. The summed E-state index contributed by atoms with van der Waals surface area (Å²) in [5, 5.41) is 6.07. The number of hydrogen-bond acceptors (Lipinski definition) is 6. The van der Waals surface area contributed by atoms with Gasteiger partial charge in [0, 0.05) is 32.6 Å². The summed E-state index contributed by atoms with van der Waals surface area (Å²) in [6, 6.07) is 0.0972. The van der Waals surface area contributed by atoms with Crippen LogP contribution in [0.15, 0.2) is 30.6 Å². The van der Waals surface area contributed by atoms with Crippen LogP contribution in [-0.4, -0.2) is 62.8 Å². The van der Waals surface area contributed by atoms with Gasteiger partial charge < -0.3 is 11.1 Å². The Morgan fingerprint density at radius 3 is 2.59 bits per heavy atom. The van der Waals surface area contributed by atoms with Crippen molar-refractivity contribution in [1.29, 1.82) is 0 Å². The van der Waals surface area contributed by atoms with Gasteiger partial charge >= 0.3 is 12.2 Å². The molecule has 1 aliphatic heterocycles. The highest BCUT2D eigenvalue weighted by atomic mass is 19.4. The van der Waals surface area contributed by atoms with Gasteiger partial charge in [-0.2, -0.15) is 18.3 Å². The van der Waals surface area contributed by atoms with Crippen molar-refractivity contribution < 1.29 is 27.6 Å². The lowest BCUT2D eigenvalue weighted by Crippen LogP contribution is -2.71. The number of carbonyl (C=O) groups is 3. The van der Waals surface area contributed by atoms with Crippen molar-refractivity contribution in [2.24, 2.45) is 18.9 Å². The Balaban J connectivity index is 1.59. The maximum Gasteiger partial charge on any atom is 0.408 e. The zero-order chi connectivity index (χ0) is 24.8. The van der Waals surface area contributed by atoms with E-state index in [4.69, 9.17) is 5.73 Å². The topological polar surface area (TPSA) is 126 Å². The molecule has 2 aromatic heterocycles. The van der Waals surface area contributed by atoms with E-state index in [2.05, 4.69) is 10.1 Å². The molecule has 1 saturated heterocycles. The second-order valence-electron chi connectivity index (χ2n) is 8.60. The SMILES string of the molecule is CN(C(=O)[C@@H]1[C@@H](Cc2ccnc(N)c2)C(=O)N1C(=O)NC(C1CC1)C(F)(F)F)c1ccn(C)n1. The Labute approximate surface area is 192 Å². The normalized spacial score (nSPS) is 21.1. The fourth-order valence-electron chi connectivity index (χ4n) is 4.12. The monoisotopic (exact) mass is 479 g/mol. The number of amides is 4. The van der Waals surface area contributed by atoms with Gasteiger partial charge in [-0.1, -0.05) is 0 Å². The number of nitrogens with one attached hydrogen (secondary N) is 1. The van der Waals surface area contributed by atoms with Crippen LogP contribution < -0.4 is 16.0 Å². The minimum Gasteiger partial charge on any atom is -0.384 e.